The number of ketones is 1. The van der Waals surface area contributed by atoms with Crippen molar-refractivity contribution in [1.29, 1.82) is 0 Å². The van der Waals surface area contributed by atoms with E-state index in [-0.39, 0.29) is 24.9 Å². The number of hydrogen-bond donors (Lipinski definition) is 0. The normalized spacial score (nSPS) is 16.5. The van der Waals surface area contributed by atoms with Gasteiger partial charge in [0.05, 0.1) is 12.3 Å². The van der Waals surface area contributed by atoms with Gasteiger partial charge in [-0.1, -0.05) is 6.92 Å². The number of Topliss-reactive ketones (excluding diaryl/α,β-unsaturated/α-hetero) is 1. The van der Waals surface area contributed by atoms with Gasteiger partial charge in [0.1, 0.15) is 18.4 Å². The SMILES string of the molecule is CCC(=O)c1ccc2c(c1)N(C(C)C(=O)OCCOC)C(=O)C(C)(C)O2. The molecule has 1 atom stereocenters. The molecule has 0 spiro atoms. The number of nitrogens with zero attached hydrogens (tertiary/aromatic N) is 1. The zero-order valence-corrected chi connectivity index (χ0v) is 15.8. The Kier molecular flexibility index (Phi) is 6.02. The van der Waals surface area contributed by atoms with Gasteiger partial charge in [0.25, 0.3) is 5.91 Å². The van der Waals surface area contributed by atoms with Crippen LogP contribution in [0.1, 0.15) is 44.5 Å². The molecule has 0 saturated carbocycles. The van der Waals surface area contributed by atoms with Crippen molar-refractivity contribution in [2.24, 2.45) is 0 Å². The fourth-order valence-electron chi connectivity index (χ4n) is 2.72. The van der Waals surface area contributed by atoms with E-state index in [1.807, 2.05) is 0 Å². The van der Waals surface area contributed by atoms with Crippen molar-refractivity contribution in [3.8, 4) is 5.75 Å². The number of carbonyl (C=O) groups is 3. The average molecular weight is 363 g/mol. The lowest BCUT2D eigenvalue weighted by atomic mass is 9.99. The van der Waals surface area contributed by atoms with Crippen molar-refractivity contribution in [2.45, 2.75) is 45.8 Å². The zero-order valence-electron chi connectivity index (χ0n) is 15.8. The maximum atomic E-state index is 12.9. The highest BCUT2D eigenvalue weighted by molar-refractivity contribution is 6.07. The Balaban J connectivity index is 2.41. The minimum atomic E-state index is -1.13. The fourth-order valence-corrected chi connectivity index (χ4v) is 2.72. The molecule has 2 rings (SSSR count). The lowest BCUT2D eigenvalue weighted by Gasteiger charge is -2.40. The number of esters is 1. The number of hydrogen-bond acceptors (Lipinski definition) is 6. The van der Waals surface area contributed by atoms with Crippen LogP contribution >= 0.6 is 0 Å². The number of carbonyl (C=O) groups excluding carboxylic acids is 3. The van der Waals surface area contributed by atoms with Crippen LogP contribution in [-0.4, -0.2) is 49.6 Å². The maximum Gasteiger partial charge on any atom is 0.329 e. The van der Waals surface area contributed by atoms with Gasteiger partial charge < -0.3 is 14.2 Å². The van der Waals surface area contributed by atoms with Gasteiger partial charge in [-0.2, -0.15) is 0 Å². The molecule has 1 amide bonds. The second-order valence-corrected chi connectivity index (χ2v) is 6.58. The van der Waals surface area contributed by atoms with Crippen molar-refractivity contribution >= 4 is 23.3 Å². The minimum absolute atomic E-state index is 0.0552. The first-order valence-electron chi connectivity index (χ1n) is 8.58. The zero-order chi connectivity index (χ0) is 19.5. The Hall–Kier alpha value is -2.41. The van der Waals surface area contributed by atoms with E-state index in [0.29, 0.717) is 23.4 Å². The quantitative estimate of drug-likeness (QED) is 0.420. The summed E-state index contributed by atoms with van der Waals surface area (Å²) < 4.78 is 15.8. The molecule has 7 nitrogen and oxygen atoms in total. The topological polar surface area (TPSA) is 82.1 Å². The lowest BCUT2D eigenvalue weighted by molar-refractivity contribution is -0.148. The largest absolute Gasteiger partial charge is 0.476 e. The van der Waals surface area contributed by atoms with E-state index in [9.17, 15) is 14.4 Å². The number of methoxy groups -OCH3 is 1. The van der Waals surface area contributed by atoms with E-state index in [2.05, 4.69) is 0 Å². The van der Waals surface area contributed by atoms with Crippen LogP contribution in [0, 0.1) is 0 Å². The van der Waals surface area contributed by atoms with E-state index in [1.165, 1.54) is 12.0 Å². The summed E-state index contributed by atoms with van der Waals surface area (Å²) in [5.41, 5.74) is -0.276. The van der Waals surface area contributed by atoms with Crippen molar-refractivity contribution in [1.82, 2.24) is 0 Å². The lowest BCUT2D eigenvalue weighted by Crippen LogP contribution is -2.57. The van der Waals surface area contributed by atoms with E-state index in [0.717, 1.165) is 0 Å². The molecule has 1 aromatic rings. The van der Waals surface area contributed by atoms with Crippen LogP contribution in [0.3, 0.4) is 0 Å². The summed E-state index contributed by atoms with van der Waals surface area (Å²) in [4.78, 5) is 38.7. The molecule has 1 heterocycles. The summed E-state index contributed by atoms with van der Waals surface area (Å²) in [6.07, 6.45) is 0.341. The molecule has 0 aliphatic carbocycles. The van der Waals surface area contributed by atoms with Gasteiger partial charge in [0, 0.05) is 19.1 Å². The Morgan fingerprint density at radius 2 is 1.96 bits per heavy atom. The number of amides is 1. The second-order valence-electron chi connectivity index (χ2n) is 6.58. The fraction of sp³-hybridized carbons (Fsp3) is 0.526. The van der Waals surface area contributed by atoms with Gasteiger partial charge in [-0.05, 0) is 39.0 Å². The van der Waals surface area contributed by atoms with Crippen LogP contribution in [0.4, 0.5) is 5.69 Å². The summed E-state index contributed by atoms with van der Waals surface area (Å²) in [6.45, 7) is 7.00. The summed E-state index contributed by atoms with van der Waals surface area (Å²) >= 11 is 0. The predicted octanol–water partition coefficient (Wildman–Crippen LogP) is 2.36. The average Bonchev–Trinajstić information content (AvgIpc) is 2.61. The van der Waals surface area contributed by atoms with Crippen LogP contribution in [0.15, 0.2) is 18.2 Å². The van der Waals surface area contributed by atoms with Crippen molar-refractivity contribution in [2.75, 3.05) is 25.2 Å². The molecule has 0 N–H and O–H groups in total. The summed E-state index contributed by atoms with van der Waals surface area (Å²) in [5.74, 6) is -0.535. The number of ether oxygens (including phenoxy) is 3. The highest BCUT2D eigenvalue weighted by Gasteiger charge is 2.44. The summed E-state index contributed by atoms with van der Waals surface area (Å²) in [6, 6.07) is 4.04. The van der Waals surface area contributed by atoms with Crippen LogP contribution < -0.4 is 9.64 Å². The first-order valence-corrected chi connectivity index (χ1v) is 8.58. The van der Waals surface area contributed by atoms with Gasteiger partial charge in [-0.25, -0.2) is 4.79 Å². The standard InChI is InChI=1S/C19H25NO6/c1-6-15(21)13-7-8-16-14(11-13)20(18(23)19(3,4)26-16)12(2)17(22)25-10-9-24-5/h7-8,11-12H,6,9-10H2,1-5H3. The molecule has 142 valence electrons. The van der Waals surface area contributed by atoms with Gasteiger partial charge in [-0.15, -0.1) is 0 Å². The van der Waals surface area contributed by atoms with Gasteiger partial charge in [-0.3, -0.25) is 14.5 Å². The molecule has 0 bridgehead atoms. The van der Waals surface area contributed by atoms with E-state index in [4.69, 9.17) is 14.2 Å². The summed E-state index contributed by atoms with van der Waals surface area (Å²) in [5, 5.41) is 0. The van der Waals surface area contributed by atoms with Crippen LogP contribution in [0.2, 0.25) is 0 Å². The molecule has 1 unspecified atom stereocenters. The van der Waals surface area contributed by atoms with Crippen molar-refractivity contribution < 1.29 is 28.6 Å². The molecular formula is C19H25NO6. The number of anilines is 1. The molecule has 1 aliphatic rings. The molecule has 26 heavy (non-hydrogen) atoms. The number of benzene rings is 1. The first-order chi connectivity index (χ1) is 12.2. The Labute approximate surface area is 153 Å². The first kappa shape index (κ1) is 19.9. The molecule has 1 aromatic carbocycles. The molecular weight excluding hydrogens is 338 g/mol. The monoisotopic (exact) mass is 363 g/mol. The summed E-state index contributed by atoms with van der Waals surface area (Å²) in [7, 11) is 1.51. The van der Waals surface area contributed by atoms with Gasteiger partial charge in [0.2, 0.25) is 0 Å². The van der Waals surface area contributed by atoms with Gasteiger partial charge in [0.15, 0.2) is 11.4 Å². The highest BCUT2D eigenvalue weighted by atomic mass is 16.6. The smallest absolute Gasteiger partial charge is 0.329 e. The van der Waals surface area contributed by atoms with Crippen LogP contribution in [-0.2, 0) is 19.1 Å². The van der Waals surface area contributed by atoms with E-state index >= 15 is 0 Å². The number of fused-ring (bicyclic) bond motifs is 1. The van der Waals surface area contributed by atoms with Crippen LogP contribution in [0.25, 0.3) is 0 Å². The second kappa shape index (κ2) is 7.86. The van der Waals surface area contributed by atoms with Crippen molar-refractivity contribution in [3.05, 3.63) is 23.8 Å². The van der Waals surface area contributed by atoms with E-state index < -0.39 is 17.6 Å². The third-order valence-corrected chi connectivity index (χ3v) is 4.22. The number of rotatable bonds is 7. The molecule has 7 heteroatoms. The third-order valence-electron chi connectivity index (χ3n) is 4.22. The Bertz CT molecular complexity index is 712. The van der Waals surface area contributed by atoms with Crippen molar-refractivity contribution in [3.63, 3.8) is 0 Å². The molecule has 0 saturated heterocycles. The molecule has 0 aromatic heterocycles. The van der Waals surface area contributed by atoms with Crippen LogP contribution in [0.5, 0.6) is 5.75 Å². The molecule has 1 aliphatic heterocycles. The highest BCUT2D eigenvalue weighted by Crippen LogP contribution is 2.39. The van der Waals surface area contributed by atoms with E-state index in [1.54, 1.807) is 45.9 Å². The Morgan fingerprint density at radius 3 is 2.58 bits per heavy atom. The predicted molar refractivity (Wildman–Crippen MR) is 95.6 cm³/mol. The van der Waals surface area contributed by atoms with Gasteiger partial charge >= 0.3 is 5.97 Å². The minimum Gasteiger partial charge on any atom is -0.476 e. The molecule has 0 fully saturated rings. The maximum absolute atomic E-state index is 12.9. The Morgan fingerprint density at radius 1 is 1.27 bits per heavy atom. The third kappa shape index (κ3) is 3.88. The molecule has 0 radical (unpaired) electrons.